The molecule has 1 atom stereocenters. The van der Waals surface area contributed by atoms with Gasteiger partial charge in [-0.3, -0.25) is 4.79 Å². The van der Waals surface area contributed by atoms with Crippen molar-refractivity contribution in [1.82, 2.24) is 0 Å². The van der Waals surface area contributed by atoms with E-state index >= 15 is 0 Å². The summed E-state index contributed by atoms with van der Waals surface area (Å²) in [5, 5.41) is 13.6. The van der Waals surface area contributed by atoms with Gasteiger partial charge in [0.15, 0.2) is 6.10 Å². The smallest absolute Gasteiger partial charge is 0.338 e. The third-order valence-electron chi connectivity index (χ3n) is 3.94. The number of carbonyl (C=O) groups excluding carboxylic acids is 2. The number of nitrogens with one attached hydrogen (secondary N) is 1. The molecule has 3 aromatic carbocycles. The van der Waals surface area contributed by atoms with Gasteiger partial charge < -0.3 is 10.1 Å². The molecule has 0 fully saturated rings. The number of benzene rings is 3. The summed E-state index contributed by atoms with van der Waals surface area (Å²) in [7, 11) is 0. The highest BCUT2D eigenvalue weighted by Gasteiger charge is 2.20. The number of para-hydroxylation sites is 1. The molecule has 26 heavy (non-hydrogen) atoms. The maximum Gasteiger partial charge on any atom is 0.338 e. The van der Waals surface area contributed by atoms with Crippen LogP contribution in [0.1, 0.15) is 22.8 Å². The Kier molecular flexibility index (Phi) is 4.95. The minimum Gasteiger partial charge on any atom is -0.449 e. The van der Waals surface area contributed by atoms with Crippen molar-refractivity contribution in [3.63, 3.8) is 0 Å². The van der Waals surface area contributed by atoms with Crippen LogP contribution in [0.25, 0.3) is 10.8 Å². The zero-order chi connectivity index (χ0) is 18.5. The second kappa shape index (κ2) is 7.49. The second-order valence-electron chi connectivity index (χ2n) is 5.76. The van der Waals surface area contributed by atoms with Gasteiger partial charge in [-0.05, 0) is 42.0 Å². The van der Waals surface area contributed by atoms with Gasteiger partial charge in [0.1, 0.15) is 6.07 Å². The van der Waals surface area contributed by atoms with Crippen LogP contribution in [0.4, 0.5) is 5.69 Å². The molecule has 3 aromatic rings. The molecule has 0 radical (unpaired) electrons. The quantitative estimate of drug-likeness (QED) is 0.728. The van der Waals surface area contributed by atoms with Crippen LogP contribution < -0.4 is 5.32 Å². The monoisotopic (exact) mass is 344 g/mol. The van der Waals surface area contributed by atoms with Crippen LogP contribution in [0.3, 0.4) is 0 Å². The molecular formula is C21H16N2O3. The summed E-state index contributed by atoms with van der Waals surface area (Å²) >= 11 is 0. The summed E-state index contributed by atoms with van der Waals surface area (Å²) in [5.74, 6) is -1.08. The standard InChI is InChI=1S/C21H16N2O3/c1-14(20(24)23-19-9-5-4-8-18(19)13-22)26-21(25)17-11-10-15-6-2-3-7-16(15)12-17/h2-12,14H,1H3,(H,23,24)/t14-/m1/s1. The molecule has 0 spiro atoms. The third kappa shape index (κ3) is 3.70. The van der Waals surface area contributed by atoms with Gasteiger partial charge in [0.2, 0.25) is 0 Å². The van der Waals surface area contributed by atoms with E-state index in [1.165, 1.54) is 6.92 Å². The molecule has 1 N–H and O–H groups in total. The fourth-order valence-electron chi connectivity index (χ4n) is 2.52. The molecule has 128 valence electrons. The van der Waals surface area contributed by atoms with E-state index in [1.54, 1.807) is 36.4 Å². The number of anilines is 1. The largest absolute Gasteiger partial charge is 0.449 e. The molecule has 0 heterocycles. The SMILES string of the molecule is C[C@@H](OC(=O)c1ccc2ccccc2c1)C(=O)Nc1ccccc1C#N. The normalized spacial score (nSPS) is 11.4. The van der Waals surface area contributed by atoms with Gasteiger partial charge in [-0.25, -0.2) is 4.79 Å². The molecule has 0 aliphatic rings. The zero-order valence-electron chi connectivity index (χ0n) is 14.1. The van der Waals surface area contributed by atoms with Crippen LogP contribution in [-0.2, 0) is 9.53 Å². The van der Waals surface area contributed by atoms with Gasteiger partial charge in [0.25, 0.3) is 5.91 Å². The Hall–Kier alpha value is -3.65. The fourth-order valence-corrected chi connectivity index (χ4v) is 2.52. The number of esters is 1. The van der Waals surface area contributed by atoms with E-state index < -0.39 is 18.0 Å². The van der Waals surface area contributed by atoms with Crippen molar-refractivity contribution in [1.29, 1.82) is 5.26 Å². The fraction of sp³-hybridized carbons (Fsp3) is 0.0952. The van der Waals surface area contributed by atoms with E-state index in [0.717, 1.165) is 10.8 Å². The summed E-state index contributed by atoms with van der Waals surface area (Å²) in [6.45, 7) is 1.49. The molecule has 0 bridgehead atoms. The van der Waals surface area contributed by atoms with E-state index in [1.807, 2.05) is 36.4 Å². The number of ether oxygens (including phenoxy) is 1. The molecule has 1 amide bonds. The van der Waals surface area contributed by atoms with Crippen molar-refractivity contribution in [3.8, 4) is 6.07 Å². The molecule has 0 aliphatic carbocycles. The van der Waals surface area contributed by atoms with Gasteiger partial charge in [-0.1, -0.05) is 42.5 Å². The lowest BCUT2D eigenvalue weighted by atomic mass is 10.1. The highest BCUT2D eigenvalue weighted by atomic mass is 16.5. The third-order valence-corrected chi connectivity index (χ3v) is 3.94. The minimum atomic E-state index is -0.999. The lowest BCUT2D eigenvalue weighted by Gasteiger charge is -2.14. The Balaban J connectivity index is 1.69. The first-order valence-corrected chi connectivity index (χ1v) is 8.08. The molecule has 0 unspecified atom stereocenters. The second-order valence-corrected chi connectivity index (χ2v) is 5.76. The van der Waals surface area contributed by atoms with E-state index in [-0.39, 0.29) is 0 Å². The maximum absolute atomic E-state index is 12.3. The van der Waals surface area contributed by atoms with Gasteiger partial charge in [-0.15, -0.1) is 0 Å². The predicted molar refractivity (Wildman–Crippen MR) is 98.6 cm³/mol. The lowest BCUT2D eigenvalue weighted by Crippen LogP contribution is -2.30. The number of carbonyl (C=O) groups is 2. The molecular weight excluding hydrogens is 328 g/mol. The minimum absolute atomic E-state index is 0.342. The van der Waals surface area contributed by atoms with Crippen LogP contribution in [0.5, 0.6) is 0 Å². The van der Waals surface area contributed by atoms with Gasteiger partial charge in [0.05, 0.1) is 16.8 Å². The maximum atomic E-state index is 12.3. The van der Waals surface area contributed by atoms with Gasteiger partial charge in [-0.2, -0.15) is 5.26 Å². The summed E-state index contributed by atoms with van der Waals surface area (Å²) in [6, 6.07) is 21.5. The number of fused-ring (bicyclic) bond motifs is 1. The Labute approximate surface area is 150 Å². The summed E-state index contributed by atoms with van der Waals surface area (Å²) < 4.78 is 5.26. The number of nitrogens with zero attached hydrogens (tertiary/aromatic N) is 1. The average Bonchev–Trinajstić information content (AvgIpc) is 2.67. The topological polar surface area (TPSA) is 79.2 Å². The molecule has 5 nitrogen and oxygen atoms in total. The van der Waals surface area contributed by atoms with Gasteiger partial charge >= 0.3 is 5.97 Å². The zero-order valence-corrected chi connectivity index (χ0v) is 14.1. The summed E-state index contributed by atoms with van der Waals surface area (Å²) in [4.78, 5) is 24.6. The van der Waals surface area contributed by atoms with E-state index in [0.29, 0.717) is 16.8 Å². The summed E-state index contributed by atoms with van der Waals surface area (Å²) in [6.07, 6.45) is -0.999. The lowest BCUT2D eigenvalue weighted by molar-refractivity contribution is -0.123. The van der Waals surface area contributed by atoms with Crippen LogP contribution >= 0.6 is 0 Å². The molecule has 0 saturated heterocycles. The molecule has 0 aliphatic heterocycles. The van der Waals surface area contributed by atoms with Gasteiger partial charge in [0, 0.05) is 0 Å². The predicted octanol–water partition coefficient (Wildman–Crippen LogP) is 3.90. The van der Waals surface area contributed by atoms with Crippen molar-refractivity contribution in [2.45, 2.75) is 13.0 Å². The number of rotatable bonds is 4. The van der Waals surface area contributed by atoms with Crippen LogP contribution in [0.2, 0.25) is 0 Å². The Morgan fingerprint density at radius 2 is 1.69 bits per heavy atom. The van der Waals surface area contributed by atoms with Crippen LogP contribution in [0.15, 0.2) is 66.7 Å². The highest BCUT2D eigenvalue weighted by Crippen LogP contribution is 2.17. The first-order chi connectivity index (χ1) is 12.6. The van der Waals surface area contributed by atoms with Crippen molar-refractivity contribution in [2.24, 2.45) is 0 Å². The average molecular weight is 344 g/mol. The van der Waals surface area contributed by atoms with Crippen molar-refractivity contribution < 1.29 is 14.3 Å². The van der Waals surface area contributed by atoms with E-state index in [9.17, 15) is 9.59 Å². The Bertz CT molecular complexity index is 1020. The number of amides is 1. The molecule has 0 saturated carbocycles. The van der Waals surface area contributed by atoms with Crippen LogP contribution in [0, 0.1) is 11.3 Å². The molecule has 5 heteroatoms. The number of hydrogen-bond acceptors (Lipinski definition) is 4. The van der Waals surface area contributed by atoms with E-state index in [2.05, 4.69) is 5.32 Å². The van der Waals surface area contributed by atoms with Crippen molar-refractivity contribution in [3.05, 3.63) is 77.9 Å². The molecule has 0 aromatic heterocycles. The first kappa shape index (κ1) is 17.2. The van der Waals surface area contributed by atoms with Crippen molar-refractivity contribution >= 4 is 28.3 Å². The van der Waals surface area contributed by atoms with Crippen LogP contribution in [-0.4, -0.2) is 18.0 Å². The Morgan fingerprint density at radius 3 is 2.46 bits per heavy atom. The molecule has 3 rings (SSSR count). The highest BCUT2D eigenvalue weighted by molar-refractivity contribution is 5.99. The summed E-state index contributed by atoms with van der Waals surface area (Å²) in [5.41, 5.74) is 1.10. The number of nitriles is 1. The number of hydrogen-bond donors (Lipinski definition) is 1. The van der Waals surface area contributed by atoms with Crippen molar-refractivity contribution in [2.75, 3.05) is 5.32 Å². The Morgan fingerprint density at radius 1 is 1.00 bits per heavy atom. The van der Waals surface area contributed by atoms with E-state index in [4.69, 9.17) is 10.00 Å². The first-order valence-electron chi connectivity index (χ1n) is 8.08.